The van der Waals surface area contributed by atoms with E-state index in [1.54, 1.807) is 17.6 Å². The molecular formula is C9H8N2OS3. The van der Waals surface area contributed by atoms with Crippen molar-refractivity contribution in [1.29, 1.82) is 0 Å². The number of carbonyl (C=O) groups is 1. The molecule has 1 aromatic heterocycles. The molecule has 0 unspecified atom stereocenters. The molecule has 0 spiro atoms. The monoisotopic (exact) mass is 256 g/mol. The molecule has 0 radical (unpaired) electrons. The van der Waals surface area contributed by atoms with Gasteiger partial charge in [-0.3, -0.25) is 4.79 Å². The predicted molar refractivity (Wildman–Crippen MR) is 68.6 cm³/mol. The van der Waals surface area contributed by atoms with Gasteiger partial charge in [0.2, 0.25) is 0 Å². The van der Waals surface area contributed by atoms with Gasteiger partial charge in [0.25, 0.3) is 5.91 Å². The first-order valence-electron chi connectivity index (χ1n) is 4.27. The first-order chi connectivity index (χ1) is 7.16. The fourth-order valence-corrected chi connectivity index (χ4v) is 2.81. The summed E-state index contributed by atoms with van der Waals surface area (Å²) in [4.78, 5) is 13.6. The van der Waals surface area contributed by atoms with Crippen LogP contribution in [-0.4, -0.2) is 27.2 Å². The minimum absolute atomic E-state index is 0.0467. The Morgan fingerprint density at radius 1 is 1.60 bits per heavy atom. The first kappa shape index (κ1) is 10.8. The topological polar surface area (TPSA) is 32.7 Å². The van der Waals surface area contributed by atoms with Gasteiger partial charge < -0.3 is 0 Å². The van der Waals surface area contributed by atoms with Crippen LogP contribution in [0.25, 0.3) is 0 Å². The second-order valence-electron chi connectivity index (χ2n) is 2.95. The highest BCUT2D eigenvalue weighted by molar-refractivity contribution is 8.23. The number of hydrogen-bond acceptors (Lipinski definition) is 5. The lowest BCUT2D eigenvalue weighted by Crippen LogP contribution is -2.22. The minimum atomic E-state index is -0.0467. The summed E-state index contributed by atoms with van der Waals surface area (Å²) >= 11 is 7.98. The molecule has 0 N–H and O–H groups in total. The third-order valence-corrected chi connectivity index (χ3v) is 4.06. The number of hydrogen-bond donors (Lipinski definition) is 0. The molecular weight excluding hydrogens is 248 g/mol. The molecule has 1 aliphatic heterocycles. The summed E-state index contributed by atoms with van der Waals surface area (Å²) < 4.78 is 0.532. The zero-order valence-corrected chi connectivity index (χ0v) is 10.4. The molecule has 2 rings (SSSR count). The van der Waals surface area contributed by atoms with Gasteiger partial charge in [0, 0.05) is 9.75 Å². The highest BCUT2D eigenvalue weighted by atomic mass is 32.2. The lowest BCUT2D eigenvalue weighted by Gasteiger charge is -2.05. The summed E-state index contributed by atoms with van der Waals surface area (Å²) in [7, 11) is 0. The van der Waals surface area contributed by atoms with Crippen LogP contribution in [0.2, 0.25) is 0 Å². The zero-order valence-electron chi connectivity index (χ0n) is 7.97. The minimum Gasteiger partial charge on any atom is -0.272 e. The Kier molecular flexibility index (Phi) is 3.18. The van der Waals surface area contributed by atoms with Crippen molar-refractivity contribution in [2.24, 2.45) is 5.10 Å². The molecule has 78 valence electrons. The number of nitrogens with zero attached hydrogens (tertiary/aromatic N) is 2. The van der Waals surface area contributed by atoms with Crippen molar-refractivity contribution in [3.8, 4) is 0 Å². The van der Waals surface area contributed by atoms with Gasteiger partial charge in [-0.2, -0.15) is 10.1 Å². The largest absolute Gasteiger partial charge is 0.272 e. The Morgan fingerprint density at radius 2 is 2.40 bits per heavy atom. The maximum absolute atomic E-state index is 11.3. The van der Waals surface area contributed by atoms with Crippen molar-refractivity contribution in [1.82, 2.24) is 5.01 Å². The van der Waals surface area contributed by atoms with Gasteiger partial charge in [-0.15, -0.1) is 11.3 Å². The van der Waals surface area contributed by atoms with Gasteiger partial charge in [0.1, 0.15) is 0 Å². The summed E-state index contributed by atoms with van der Waals surface area (Å²) in [6, 6.07) is 3.99. The highest BCUT2D eigenvalue weighted by Gasteiger charge is 2.25. The number of thioether (sulfide) groups is 1. The van der Waals surface area contributed by atoms with Gasteiger partial charge in [0.15, 0.2) is 4.32 Å². The first-order valence-corrected chi connectivity index (χ1v) is 6.48. The van der Waals surface area contributed by atoms with Crippen molar-refractivity contribution in [2.45, 2.75) is 6.92 Å². The average molecular weight is 256 g/mol. The van der Waals surface area contributed by atoms with Crippen LogP contribution in [0.5, 0.6) is 0 Å². The van der Waals surface area contributed by atoms with Crippen LogP contribution >= 0.6 is 35.3 Å². The molecule has 0 aliphatic carbocycles. The molecule has 0 bridgehead atoms. The zero-order chi connectivity index (χ0) is 10.8. The van der Waals surface area contributed by atoms with Crippen molar-refractivity contribution in [3.63, 3.8) is 0 Å². The van der Waals surface area contributed by atoms with E-state index in [-0.39, 0.29) is 5.91 Å². The summed E-state index contributed by atoms with van der Waals surface area (Å²) in [5.41, 5.74) is 0. The highest BCUT2D eigenvalue weighted by Crippen LogP contribution is 2.20. The third-order valence-electron chi connectivity index (χ3n) is 1.79. The van der Waals surface area contributed by atoms with Gasteiger partial charge >= 0.3 is 0 Å². The lowest BCUT2D eigenvalue weighted by atomic mass is 10.4. The molecule has 3 nitrogen and oxygen atoms in total. The van der Waals surface area contributed by atoms with Gasteiger partial charge in [-0.25, -0.2) is 0 Å². The number of rotatable bonds is 2. The van der Waals surface area contributed by atoms with Crippen LogP contribution in [0.1, 0.15) is 9.75 Å². The van der Waals surface area contributed by atoms with Crippen LogP contribution in [0.15, 0.2) is 17.2 Å². The van der Waals surface area contributed by atoms with E-state index >= 15 is 0 Å². The van der Waals surface area contributed by atoms with Gasteiger partial charge in [-0.1, -0.05) is 24.0 Å². The van der Waals surface area contributed by atoms with Crippen molar-refractivity contribution < 1.29 is 4.79 Å². The molecule has 1 amide bonds. The molecule has 1 saturated heterocycles. The van der Waals surface area contributed by atoms with Crippen molar-refractivity contribution in [2.75, 3.05) is 5.75 Å². The van der Waals surface area contributed by atoms with Gasteiger partial charge in [0.05, 0.1) is 12.0 Å². The predicted octanol–water partition coefficient (Wildman–Crippen LogP) is 2.25. The van der Waals surface area contributed by atoms with E-state index in [1.165, 1.54) is 21.6 Å². The Labute approximate surface area is 101 Å². The van der Waals surface area contributed by atoms with E-state index in [4.69, 9.17) is 12.2 Å². The van der Waals surface area contributed by atoms with Crippen molar-refractivity contribution in [3.05, 3.63) is 21.9 Å². The van der Waals surface area contributed by atoms with Crippen molar-refractivity contribution >= 4 is 51.8 Å². The van der Waals surface area contributed by atoms with E-state index in [2.05, 4.69) is 5.10 Å². The molecule has 6 heteroatoms. The van der Waals surface area contributed by atoms with Crippen LogP contribution in [0, 0.1) is 6.92 Å². The fourth-order valence-electron chi connectivity index (χ4n) is 1.10. The second-order valence-corrected chi connectivity index (χ2v) is 5.88. The van der Waals surface area contributed by atoms with Crippen LogP contribution < -0.4 is 0 Å². The SMILES string of the molecule is Cc1ccc(C=NN2C(=O)CSC2=S)s1. The maximum Gasteiger partial charge on any atom is 0.259 e. The number of thiophene rings is 1. The maximum atomic E-state index is 11.3. The fraction of sp³-hybridized carbons (Fsp3) is 0.222. The summed E-state index contributed by atoms with van der Waals surface area (Å²) in [6.07, 6.45) is 1.67. The van der Waals surface area contributed by atoms with E-state index in [9.17, 15) is 4.79 Å². The normalized spacial score (nSPS) is 17.0. The van der Waals surface area contributed by atoms with Crippen LogP contribution in [0.3, 0.4) is 0 Å². The Balaban J connectivity index is 2.11. The summed E-state index contributed by atoms with van der Waals surface area (Å²) in [6.45, 7) is 2.03. The smallest absolute Gasteiger partial charge is 0.259 e. The molecule has 1 aliphatic rings. The van der Waals surface area contributed by atoms with Crippen LogP contribution in [-0.2, 0) is 4.79 Å². The lowest BCUT2D eigenvalue weighted by molar-refractivity contribution is -0.123. The Morgan fingerprint density at radius 3 is 2.93 bits per heavy atom. The quantitative estimate of drug-likeness (QED) is 0.601. The van der Waals surface area contributed by atoms with E-state index in [0.717, 1.165) is 4.88 Å². The average Bonchev–Trinajstić information content (AvgIpc) is 2.73. The van der Waals surface area contributed by atoms with E-state index in [0.29, 0.717) is 10.1 Å². The third kappa shape index (κ3) is 2.45. The van der Waals surface area contributed by atoms with Gasteiger partial charge in [-0.05, 0) is 19.1 Å². The molecule has 15 heavy (non-hydrogen) atoms. The van der Waals surface area contributed by atoms with Crippen LogP contribution in [0.4, 0.5) is 0 Å². The number of aryl methyl sites for hydroxylation is 1. The second kappa shape index (κ2) is 4.42. The number of carbonyl (C=O) groups excluding carboxylic acids is 1. The van der Waals surface area contributed by atoms with E-state index < -0.39 is 0 Å². The van der Waals surface area contributed by atoms with E-state index in [1.807, 2.05) is 19.1 Å². The number of amides is 1. The molecule has 1 aromatic rings. The Hall–Kier alpha value is -0.720. The molecule has 0 saturated carbocycles. The molecule has 2 heterocycles. The number of thiocarbonyl (C=S) groups is 1. The Bertz CT molecular complexity index is 422. The standard InChI is InChI=1S/C9H8N2OS3/c1-6-2-3-7(15-6)4-10-11-8(12)5-14-9(11)13/h2-4H,5H2,1H3. The molecule has 0 atom stereocenters. The summed E-state index contributed by atoms with van der Waals surface area (Å²) in [5, 5.41) is 5.36. The molecule has 1 fully saturated rings. The number of hydrazone groups is 1. The molecule has 0 aromatic carbocycles. The summed E-state index contributed by atoms with van der Waals surface area (Å²) in [5.74, 6) is 0.356.